The standard InChI is InChI=1S/C12H9F3N4O/c13-7-4-6(5-8(14)11(7)15)17-12(20)9-2-1-3-10(18-9)19-16/h1-5H,16H2,(H,17,20)(H,18,19). The highest BCUT2D eigenvalue weighted by molar-refractivity contribution is 6.03. The monoisotopic (exact) mass is 282 g/mol. The Labute approximate surface area is 111 Å². The second-order valence-corrected chi connectivity index (χ2v) is 3.76. The van der Waals surface area contributed by atoms with Crippen molar-refractivity contribution in [1.29, 1.82) is 0 Å². The van der Waals surface area contributed by atoms with Crippen LogP contribution < -0.4 is 16.6 Å². The topological polar surface area (TPSA) is 80.0 Å². The first-order valence-corrected chi connectivity index (χ1v) is 5.41. The highest BCUT2D eigenvalue weighted by Crippen LogP contribution is 2.18. The van der Waals surface area contributed by atoms with Crippen LogP contribution in [0, 0.1) is 17.5 Å². The van der Waals surface area contributed by atoms with E-state index in [1.807, 2.05) is 0 Å². The molecule has 104 valence electrons. The molecule has 0 bridgehead atoms. The van der Waals surface area contributed by atoms with E-state index >= 15 is 0 Å². The van der Waals surface area contributed by atoms with Gasteiger partial charge in [-0.1, -0.05) is 6.07 Å². The zero-order valence-corrected chi connectivity index (χ0v) is 9.95. The summed E-state index contributed by atoms with van der Waals surface area (Å²) in [4.78, 5) is 15.6. The molecule has 1 amide bonds. The molecule has 1 heterocycles. The Bertz CT molecular complexity index is 640. The lowest BCUT2D eigenvalue weighted by atomic mass is 10.2. The first kappa shape index (κ1) is 13.8. The number of pyridine rings is 1. The van der Waals surface area contributed by atoms with Gasteiger partial charge in [-0.15, -0.1) is 0 Å². The van der Waals surface area contributed by atoms with Crippen molar-refractivity contribution in [2.24, 2.45) is 5.84 Å². The van der Waals surface area contributed by atoms with Crippen LogP contribution in [0.15, 0.2) is 30.3 Å². The zero-order chi connectivity index (χ0) is 14.7. The number of nitrogens with two attached hydrogens (primary N) is 1. The number of benzene rings is 1. The number of hydrogen-bond acceptors (Lipinski definition) is 4. The number of hydrazine groups is 1. The lowest BCUT2D eigenvalue weighted by Crippen LogP contribution is -2.16. The molecule has 0 aliphatic carbocycles. The Balaban J connectivity index is 2.23. The van der Waals surface area contributed by atoms with Crippen LogP contribution in [0.2, 0.25) is 0 Å². The highest BCUT2D eigenvalue weighted by atomic mass is 19.2. The number of carbonyl (C=O) groups is 1. The number of aromatic nitrogens is 1. The summed E-state index contributed by atoms with van der Waals surface area (Å²) in [6, 6.07) is 5.76. The molecule has 0 saturated carbocycles. The van der Waals surface area contributed by atoms with Gasteiger partial charge < -0.3 is 10.7 Å². The van der Waals surface area contributed by atoms with E-state index < -0.39 is 23.4 Å². The normalized spacial score (nSPS) is 10.2. The number of carbonyl (C=O) groups excluding carboxylic acids is 1. The maximum absolute atomic E-state index is 13.0. The SMILES string of the molecule is NNc1cccc(C(=O)Nc2cc(F)c(F)c(F)c2)n1. The van der Waals surface area contributed by atoms with E-state index in [9.17, 15) is 18.0 Å². The van der Waals surface area contributed by atoms with Crippen molar-refractivity contribution in [3.05, 3.63) is 53.5 Å². The van der Waals surface area contributed by atoms with Gasteiger partial charge in [-0.05, 0) is 12.1 Å². The predicted molar refractivity (Wildman–Crippen MR) is 66.3 cm³/mol. The molecule has 5 nitrogen and oxygen atoms in total. The van der Waals surface area contributed by atoms with Crippen molar-refractivity contribution in [3.8, 4) is 0 Å². The Hall–Kier alpha value is -2.61. The van der Waals surface area contributed by atoms with Gasteiger partial charge >= 0.3 is 0 Å². The van der Waals surface area contributed by atoms with Crippen LogP contribution in [0.4, 0.5) is 24.7 Å². The summed E-state index contributed by atoms with van der Waals surface area (Å²) in [7, 11) is 0. The third-order valence-corrected chi connectivity index (χ3v) is 2.37. The quantitative estimate of drug-likeness (QED) is 0.457. The molecule has 0 aliphatic heterocycles. The molecule has 1 aromatic heterocycles. The molecule has 1 aromatic carbocycles. The van der Waals surface area contributed by atoms with Crippen molar-refractivity contribution in [3.63, 3.8) is 0 Å². The lowest BCUT2D eigenvalue weighted by Gasteiger charge is -2.07. The third-order valence-electron chi connectivity index (χ3n) is 2.37. The number of amides is 1. The van der Waals surface area contributed by atoms with Crippen molar-refractivity contribution >= 4 is 17.4 Å². The summed E-state index contributed by atoms with van der Waals surface area (Å²) < 4.78 is 38.8. The minimum absolute atomic E-state index is 0.0226. The Morgan fingerprint density at radius 2 is 1.80 bits per heavy atom. The number of nitrogen functional groups attached to an aromatic ring is 1. The smallest absolute Gasteiger partial charge is 0.274 e. The fourth-order valence-corrected chi connectivity index (χ4v) is 1.46. The molecule has 0 aliphatic rings. The molecule has 0 unspecified atom stereocenters. The van der Waals surface area contributed by atoms with Gasteiger partial charge in [0.2, 0.25) is 0 Å². The molecular weight excluding hydrogens is 273 g/mol. The Morgan fingerprint density at radius 1 is 1.15 bits per heavy atom. The first-order valence-electron chi connectivity index (χ1n) is 5.41. The molecule has 20 heavy (non-hydrogen) atoms. The van der Waals surface area contributed by atoms with E-state index in [-0.39, 0.29) is 17.2 Å². The maximum atomic E-state index is 13.0. The molecule has 2 aromatic rings. The van der Waals surface area contributed by atoms with E-state index in [1.165, 1.54) is 18.2 Å². The number of hydrogen-bond donors (Lipinski definition) is 3. The summed E-state index contributed by atoms with van der Waals surface area (Å²) in [5, 5.41) is 2.20. The second kappa shape index (κ2) is 5.57. The van der Waals surface area contributed by atoms with Crippen LogP contribution in [0.1, 0.15) is 10.5 Å². The van der Waals surface area contributed by atoms with Gasteiger partial charge in [0.1, 0.15) is 11.5 Å². The van der Waals surface area contributed by atoms with Crippen molar-refractivity contribution in [2.75, 3.05) is 10.7 Å². The summed E-state index contributed by atoms with van der Waals surface area (Å²) in [5.41, 5.74) is 2.01. The number of halogens is 3. The minimum atomic E-state index is -1.60. The fraction of sp³-hybridized carbons (Fsp3) is 0. The van der Waals surface area contributed by atoms with Crippen LogP contribution >= 0.6 is 0 Å². The van der Waals surface area contributed by atoms with E-state index in [0.717, 1.165) is 0 Å². The van der Waals surface area contributed by atoms with Gasteiger partial charge in [0, 0.05) is 17.8 Å². The molecule has 4 N–H and O–H groups in total. The van der Waals surface area contributed by atoms with Gasteiger partial charge in [-0.3, -0.25) is 4.79 Å². The molecule has 8 heteroatoms. The van der Waals surface area contributed by atoms with E-state index in [2.05, 4.69) is 15.7 Å². The lowest BCUT2D eigenvalue weighted by molar-refractivity contribution is 0.102. The van der Waals surface area contributed by atoms with Gasteiger partial charge in [-0.2, -0.15) is 0 Å². The second-order valence-electron chi connectivity index (χ2n) is 3.76. The molecule has 0 fully saturated rings. The number of rotatable bonds is 3. The molecular formula is C12H9F3N4O. The number of nitrogens with zero attached hydrogens (tertiary/aromatic N) is 1. The fourth-order valence-electron chi connectivity index (χ4n) is 1.46. The third kappa shape index (κ3) is 2.86. The average molecular weight is 282 g/mol. The molecule has 0 saturated heterocycles. The van der Waals surface area contributed by atoms with Gasteiger partial charge in [0.25, 0.3) is 5.91 Å². The first-order chi connectivity index (χ1) is 9.51. The molecule has 0 spiro atoms. The number of nitrogens with one attached hydrogen (secondary N) is 2. The van der Waals surface area contributed by atoms with Crippen LogP contribution in [0.3, 0.4) is 0 Å². The molecule has 0 radical (unpaired) electrons. The summed E-state index contributed by atoms with van der Waals surface area (Å²) in [6.07, 6.45) is 0. The van der Waals surface area contributed by atoms with Gasteiger partial charge in [-0.25, -0.2) is 24.0 Å². The van der Waals surface area contributed by atoms with Gasteiger partial charge in [0.05, 0.1) is 0 Å². The van der Waals surface area contributed by atoms with Crippen molar-refractivity contribution < 1.29 is 18.0 Å². The molecule has 2 rings (SSSR count). The predicted octanol–water partition coefficient (Wildman–Crippen LogP) is 2.04. The van der Waals surface area contributed by atoms with Crippen LogP contribution in [0.25, 0.3) is 0 Å². The van der Waals surface area contributed by atoms with E-state index in [4.69, 9.17) is 5.84 Å². The van der Waals surface area contributed by atoms with Gasteiger partial charge in [0.15, 0.2) is 17.5 Å². The zero-order valence-electron chi connectivity index (χ0n) is 9.95. The minimum Gasteiger partial charge on any atom is -0.320 e. The largest absolute Gasteiger partial charge is 0.320 e. The van der Waals surface area contributed by atoms with Crippen molar-refractivity contribution in [2.45, 2.75) is 0 Å². The van der Waals surface area contributed by atoms with Crippen LogP contribution in [-0.2, 0) is 0 Å². The highest BCUT2D eigenvalue weighted by Gasteiger charge is 2.13. The average Bonchev–Trinajstić information content (AvgIpc) is 2.44. The van der Waals surface area contributed by atoms with E-state index in [0.29, 0.717) is 12.1 Å². The summed E-state index contributed by atoms with van der Waals surface area (Å²) in [6.45, 7) is 0. The summed E-state index contributed by atoms with van der Waals surface area (Å²) in [5.74, 6) is 0.275. The Morgan fingerprint density at radius 3 is 2.40 bits per heavy atom. The summed E-state index contributed by atoms with van der Waals surface area (Å²) >= 11 is 0. The van der Waals surface area contributed by atoms with Crippen LogP contribution in [0.5, 0.6) is 0 Å². The maximum Gasteiger partial charge on any atom is 0.274 e. The van der Waals surface area contributed by atoms with Crippen molar-refractivity contribution in [1.82, 2.24) is 4.98 Å². The molecule has 0 atom stereocenters. The Kier molecular flexibility index (Phi) is 3.85. The number of anilines is 2. The van der Waals surface area contributed by atoms with E-state index in [1.54, 1.807) is 0 Å². The van der Waals surface area contributed by atoms with Crippen LogP contribution in [-0.4, -0.2) is 10.9 Å².